The quantitative estimate of drug-likeness (QED) is 0.227. The molecule has 2 rings (SSSR count). The van der Waals surface area contributed by atoms with Crippen molar-refractivity contribution >= 4 is 17.7 Å². The van der Waals surface area contributed by atoms with E-state index >= 15 is 0 Å². The molecule has 0 spiro atoms. The van der Waals surface area contributed by atoms with Crippen molar-refractivity contribution in [1.82, 2.24) is 0 Å². The highest BCUT2D eigenvalue weighted by Crippen LogP contribution is 2.34. The monoisotopic (exact) mass is 429 g/mol. The number of nitro benzene ring substituents is 1. The molecule has 1 aromatic carbocycles. The number of nitrogens with zero attached hydrogens (tertiary/aromatic N) is 1. The van der Waals surface area contributed by atoms with E-state index in [2.05, 4.69) is 12.7 Å². The smallest absolute Gasteiger partial charge is 0.331 e. The van der Waals surface area contributed by atoms with Crippen molar-refractivity contribution in [3.05, 3.63) is 63.8 Å². The molecule has 2 atom stereocenters. The second-order valence-electron chi connectivity index (χ2n) is 8.94. The average molecular weight is 430 g/mol. The van der Waals surface area contributed by atoms with Crippen molar-refractivity contribution in [2.24, 2.45) is 5.41 Å². The number of rotatable bonds is 4. The summed E-state index contributed by atoms with van der Waals surface area (Å²) in [5.41, 5.74) is 1.64. The first kappa shape index (κ1) is 24.3. The molecule has 2 N–H and O–H groups in total. The van der Waals surface area contributed by atoms with Crippen LogP contribution in [0.5, 0.6) is 5.75 Å². The molecule has 1 aliphatic carbocycles. The Kier molecular flexibility index (Phi) is 8.16. The molecule has 0 saturated carbocycles. The van der Waals surface area contributed by atoms with Gasteiger partial charge in [-0.3, -0.25) is 10.1 Å². The molecule has 31 heavy (non-hydrogen) atoms. The number of ether oxygens (including phenoxy) is 1. The van der Waals surface area contributed by atoms with E-state index in [1.54, 1.807) is 0 Å². The van der Waals surface area contributed by atoms with E-state index in [9.17, 15) is 25.1 Å². The Bertz CT molecular complexity index is 899. The summed E-state index contributed by atoms with van der Waals surface area (Å²) >= 11 is 0. The number of phenolic OH excluding ortho intramolecular Hbond substituents is 1. The summed E-state index contributed by atoms with van der Waals surface area (Å²) in [6.45, 7) is 10.1. The number of aliphatic hydroxyl groups is 1. The Labute approximate surface area is 182 Å². The third-order valence-corrected chi connectivity index (χ3v) is 5.40. The largest absolute Gasteiger partial charge is 0.502 e. The Morgan fingerprint density at radius 2 is 2.06 bits per heavy atom. The molecule has 0 aromatic heterocycles. The van der Waals surface area contributed by atoms with Crippen molar-refractivity contribution in [3.8, 4) is 5.75 Å². The molecule has 7 heteroatoms. The molecular weight excluding hydrogens is 398 g/mol. The number of esters is 1. The maximum absolute atomic E-state index is 12.4. The van der Waals surface area contributed by atoms with Gasteiger partial charge in [-0.15, -0.1) is 0 Å². The van der Waals surface area contributed by atoms with Gasteiger partial charge in [0.1, 0.15) is 6.10 Å². The van der Waals surface area contributed by atoms with Gasteiger partial charge in [-0.25, -0.2) is 4.79 Å². The topological polar surface area (TPSA) is 110 Å². The summed E-state index contributed by atoms with van der Waals surface area (Å²) in [6, 6.07) is 3.88. The van der Waals surface area contributed by atoms with Crippen molar-refractivity contribution < 1.29 is 24.7 Å². The van der Waals surface area contributed by atoms with Gasteiger partial charge in [0.2, 0.25) is 0 Å². The number of allylic oxidation sites excluding steroid dienone is 1. The zero-order chi connectivity index (χ0) is 23.2. The van der Waals surface area contributed by atoms with Crippen LogP contribution in [-0.2, 0) is 9.53 Å². The number of hydrogen-bond acceptors (Lipinski definition) is 6. The van der Waals surface area contributed by atoms with E-state index in [0.717, 1.165) is 24.0 Å². The fourth-order valence-corrected chi connectivity index (χ4v) is 3.79. The number of aromatic hydroxyl groups is 1. The van der Waals surface area contributed by atoms with Crippen LogP contribution in [0.4, 0.5) is 5.69 Å². The maximum atomic E-state index is 12.4. The molecule has 1 aromatic rings. The van der Waals surface area contributed by atoms with Gasteiger partial charge in [-0.1, -0.05) is 38.1 Å². The van der Waals surface area contributed by atoms with Gasteiger partial charge in [0.25, 0.3) is 0 Å². The van der Waals surface area contributed by atoms with Gasteiger partial charge in [-0.2, -0.15) is 0 Å². The van der Waals surface area contributed by atoms with Crippen molar-refractivity contribution in [3.63, 3.8) is 0 Å². The van der Waals surface area contributed by atoms with Gasteiger partial charge in [0.15, 0.2) is 5.75 Å². The summed E-state index contributed by atoms with van der Waals surface area (Å²) < 4.78 is 5.70. The van der Waals surface area contributed by atoms with Crippen LogP contribution >= 0.6 is 0 Å². The van der Waals surface area contributed by atoms with E-state index < -0.39 is 28.4 Å². The Morgan fingerprint density at radius 3 is 2.74 bits per heavy atom. The lowest BCUT2D eigenvalue weighted by atomic mass is 9.79. The molecular formula is C24H31NO6. The van der Waals surface area contributed by atoms with E-state index in [4.69, 9.17) is 4.74 Å². The number of hydrogen-bond donors (Lipinski definition) is 2. The minimum Gasteiger partial charge on any atom is -0.502 e. The van der Waals surface area contributed by atoms with Crippen LogP contribution < -0.4 is 0 Å². The van der Waals surface area contributed by atoms with Crippen LogP contribution in [0.2, 0.25) is 0 Å². The van der Waals surface area contributed by atoms with E-state index in [1.165, 1.54) is 30.4 Å². The summed E-state index contributed by atoms with van der Waals surface area (Å²) in [7, 11) is 0. The van der Waals surface area contributed by atoms with Crippen LogP contribution in [0.1, 0.15) is 58.4 Å². The fraction of sp³-hybridized carbons (Fsp3) is 0.458. The number of aliphatic hydroxyl groups excluding tert-OH is 1. The van der Waals surface area contributed by atoms with Crippen molar-refractivity contribution in [2.45, 2.75) is 65.1 Å². The SMILES string of the molecule is C=C1CC/C=C(\C)C[C@H](OC(=O)/C=C/c2ccc(O)c([N+](=O)[O-])c2)CC(C)(C)C[C@@H]1O. The molecule has 168 valence electrons. The van der Waals surface area contributed by atoms with Gasteiger partial charge >= 0.3 is 11.7 Å². The molecule has 1 aliphatic rings. The zero-order valence-corrected chi connectivity index (χ0v) is 18.3. The number of phenols is 1. The molecule has 7 nitrogen and oxygen atoms in total. The lowest BCUT2D eigenvalue weighted by Gasteiger charge is -2.31. The molecule has 0 saturated heterocycles. The van der Waals surface area contributed by atoms with Crippen LogP contribution in [0.15, 0.2) is 48.1 Å². The first-order valence-electron chi connectivity index (χ1n) is 10.3. The zero-order valence-electron chi connectivity index (χ0n) is 18.3. The first-order valence-corrected chi connectivity index (χ1v) is 10.3. The minimum absolute atomic E-state index is 0.265. The summed E-state index contributed by atoms with van der Waals surface area (Å²) in [6.07, 6.45) is 6.98. The van der Waals surface area contributed by atoms with Crippen molar-refractivity contribution in [1.29, 1.82) is 0 Å². The van der Waals surface area contributed by atoms with E-state index in [1.807, 2.05) is 20.8 Å². The second kappa shape index (κ2) is 10.4. The highest BCUT2D eigenvalue weighted by atomic mass is 16.6. The van der Waals surface area contributed by atoms with Crippen molar-refractivity contribution in [2.75, 3.05) is 0 Å². The lowest BCUT2D eigenvalue weighted by molar-refractivity contribution is -0.385. The Morgan fingerprint density at radius 1 is 1.35 bits per heavy atom. The van der Waals surface area contributed by atoms with E-state index in [-0.39, 0.29) is 11.5 Å². The molecule has 0 amide bonds. The lowest BCUT2D eigenvalue weighted by Crippen LogP contribution is -2.29. The molecule has 0 heterocycles. The predicted octanol–water partition coefficient (Wildman–Crippen LogP) is 5.08. The maximum Gasteiger partial charge on any atom is 0.331 e. The van der Waals surface area contributed by atoms with E-state index in [0.29, 0.717) is 24.8 Å². The van der Waals surface area contributed by atoms with Gasteiger partial charge in [-0.05, 0) is 61.3 Å². The number of benzene rings is 1. The molecule has 0 radical (unpaired) electrons. The van der Waals surface area contributed by atoms with Gasteiger partial charge in [0, 0.05) is 18.6 Å². The highest BCUT2D eigenvalue weighted by Gasteiger charge is 2.29. The minimum atomic E-state index is -0.687. The molecule has 0 fully saturated rings. The third-order valence-electron chi connectivity index (χ3n) is 5.40. The first-order chi connectivity index (χ1) is 14.5. The third kappa shape index (κ3) is 7.68. The number of carbonyl (C=O) groups is 1. The summed E-state index contributed by atoms with van der Waals surface area (Å²) in [5, 5.41) is 30.9. The van der Waals surface area contributed by atoms with Gasteiger partial charge < -0.3 is 14.9 Å². The van der Waals surface area contributed by atoms with Crippen LogP contribution in [0.3, 0.4) is 0 Å². The average Bonchev–Trinajstić information content (AvgIpc) is 2.66. The van der Waals surface area contributed by atoms with Gasteiger partial charge in [0.05, 0.1) is 11.0 Å². The summed E-state index contributed by atoms with van der Waals surface area (Å²) in [4.78, 5) is 22.7. The fourth-order valence-electron chi connectivity index (χ4n) is 3.79. The highest BCUT2D eigenvalue weighted by molar-refractivity contribution is 5.87. The number of carbonyl (C=O) groups excluding carboxylic acids is 1. The molecule has 0 aliphatic heterocycles. The van der Waals surface area contributed by atoms with Crippen LogP contribution in [-0.4, -0.2) is 33.3 Å². The second-order valence-corrected chi connectivity index (χ2v) is 8.94. The number of nitro groups is 1. The van der Waals surface area contributed by atoms with Crippen LogP contribution in [0, 0.1) is 15.5 Å². The Hall–Kier alpha value is -2.93. The Balaban J connectivity index is 2.14. The predicted molar refractivity (Wildman–Crippen MR) is 119 cm³/mol. The molecule has 0 unspecified atom stereocenters. The molecule has 0 bridgehead atoms. The van der Waals surface area contributed by atoms with Crippen LogP contribution in [0.25, 0.3) is 6.08 Å². The normalized spacial score (nSPS) is 24.1. The summed E-state index contributed by atoms with van der Waals surface area (Å²) in [5.74, 6) is -0.985. The standard InChI is InChI=1S/C24H31NO6/c1-16-6-5-7-17(2)22(27)15-24(3,4)14-19(12-16)31-23(28)11-9-18-8-10-21(26)20(13-18)25(29)30/h6,8-11,13,19,22,26-27H,2,5,7,12,14-15H2,1,3-4H3/b11-9+,16-6+/t19-,22-/m0/s1.